The van der Waals surface area contributed by atoms with E-state index in [1.165, 1.54) is 75.0 Å². The number of rotatable bonds is 4. The molecule has 3 heterocycles. The van der Waals surface area contributed by atoms with Crippen LogP contribution >= 0.6 is 11.3 Å². The molecule has 1 aliphatic carbocycles. The molecule has 0 radical (unpaired) electrons. The highest BCUT2D eigenvalue weighted by Crippen LogP contribution is 2.53. The summed E-state index contributed by atoms with van der Waals surface area (Å²) in [6, 6.07) is 60.6. The lowest BCUT2D eigenvalue weighted by atomic mass is 9.93. The van der Waals surface area contributed by atoms with Crippen LogP contribution in [0.2, 0.25) is 0 Å². The lowest BCUT2D eigenvalue weighted by Gasteiger charge is -2.13. The number of para-hydroxylation sites is 1. The number of fused-ring (bicyclic) bond motifs is 6. The maximum atomic E-state index is 5.07. The van der Waals surface area contributed by atoms with Gasteiger partial charge in [-0.25, -0.2) is 15.0 Å². The Bertz CT molecular complexity index is 3260. The Hall–Kier alpha value is -6.95. The standard InChI is InChI=1S/C49H28N4S/c1-3-13-30(14-4-1)47-50-48(31-15-5-2-6-16-31)52-49(51-47)32-19-9-20-33(27-32)53-39-25-8-7-21-37(39)43-40(53)28-38-36-23-11-18-29-17-10-22-34(42(29)36)35-24-12-26-41-44(35)45(38)46(43)54-41/h1-28H. The van der Waals surface area contributed by atoms with Crippen LogP contribution in [0.5, 0.6) is 0 Å². The summed E-state index contributed by atoms with van der Waals surface area (Å²) < 4.78 is 5.08. The fraction of sp³-hybridized carbons (Fsp3) is 0. The van der Waals surface area contributed by atoms with Gasteiger partial charge in [0.15, 0.2) is 17.5 Å². The lowest BCUT2D eigenvalue weighted by Crippen LogP contribution is -2.01. The Morgan fingerprint density at radius 2 is 0.963 bits per heavy atom. The van der Waals surface area contributed by atoms with Gasteiger partial charge in [-0.3, -0.25) is 0 Å². The van der Waals surface area contributed by atoms with Crippen molar-refractivity contribution in [2.75, 3.05) is 0 Å². The Morgan fingerprint density at radius 3 is 1.69 bits per heavy atom. The topological polar surface area (TPSA) is 43.6 Å². The van der Waals surface area contributed by atoms with Gasteiger partial charge in [0, 0.05) is 53.3 Å². The second kappa shape index (κ2) is 11.3. The molecule has 0 amide bonds. The van der Waals surface area contributed by atoms with Crippen molar-refractivity contribution in [2.24, 2.45) is 0 Å². The molecule has 0 atom stereocenters. The van der Waals surface area contributed by atoms with E-state index in [1.807, 2.05) is 72.0 Å². The maximum Gasteiger partial charge on any atom is 0.164 e. The number of aromatic nitrogens is 4. The van der Waals surface area contributed by atoms with Gasteiger partial charge < -0.3 is 4.57 Å². The van der Waals surface area contributed by atoms with Crippen LogP contribution in [0.15, 0.2) is 170 Å². The summed E-state index contributed by atoms with van der Waals surface area (Å²) in [6.45, 7) is 0. The average molecular weight is 705 g/mol. The van der Waals surface area contributed by atoms with Crippen LogP contribution in [-0.4, -0.2) is 19.5 Å². The smallest absolute Gasteiger partial charge is 0.164 e. The van der Waals surface area contributed by atoms with Crippen molar-refractivity contribution in [1.82, 2.24) is 19.5 Å². The number of benzene rings is 8. The highest BCUT2D eigenvalue weighted by molar-refractivity contribution is 7.27. The first-order valence-electron chi connectivity index (χ1n) is 18.2. The SMILES string of the molecule is c1ccc(-c2nc(-c3ccccc3)nc(-c3cccc(-n4c5ccccc5c5c6sc7cccc8c7c6c(cc54)-c4cccc5cccc-8c45)c3)n2)cc1. The van der Waals surface area contributed by atoms with E-state index >= 15 is 0 Å². The lowest BCUT2D eigenvalue weighted by molar-refractivity contribution is 1.07. The van der Waals surface area contributed by atoms with Gasteiger partial charge in [-0.1, -0.05) is 140 Å². The molecule has 8 aromatic carbocycles. The van der Waals surface area contributed by atoms with Crippen LogP contribution in [-0.2, 0) is 0 Å². The van der Waals surface area contributed by atoms with Crippen molar-refractivity contribution in [2.45, 2.75) is 0 Å². The van der Waals surface area contributed by atoms with Gasteiger partial charge in [0.05, 0.1) is 11.0 Å². The van der Waals surface area contributed by atoms with Gasteiger partial charge in [0.25, 0.3) is 0 Å². The molecule has 3 aromatic heterocycles. The quantitative estimate of drug-likeness (QED) is 0.183. The molecule has 5 heteroatoms. The van der Waals surface area contributed by atoms with Gasteiger partial charge in [-0.05, 0) is 63.4 Å². The van der Waals surface area contributed by atoms with E-state index in [2.05, 4.69) is 114 Å². The number of thiophene rings is 1. The molecular weight excluding hydrogens is 677 g/mol. The summed E-state index contributed by atoms with van der Waals surface area (Å²) >= 11 is 1.92. The highest BCUT2D eigenvalue weighted by atomic mass is 32.1. The van der Waals surface area contributed by atoms with Crippen molar-refractivity contribution in [3.05, 3.63) is 170 Å². The second-order valence-corrected chi connectivity index (χ2v) is 15.0. The molecule has 0 N–H and O–H groups in total. The normalized spacial score (nSPS) is 12.1. The van der Waals surface area contributed by atoms with Crippen molar-refractivity contribution in [3.63, 3.8) is 0 Å². The van der Waals surface area contributed by atoms with Crippen LogP contribution in [0.1, 0.15) is 0 Å². The molecule has 250 valence electrons. The molecule has 0 unspecified atom stereocenters. The monoisotopic (exact) mass is 704 g/mol. The van der Waals surface area contributed by atoms with E-state index in [1.54, 1.807) is 0 Å². The minimum absolute atomic E-state index is 0.639. The van der Waals surface area contributed by atoms with E-state index in [9.17, 15) is 0 Å². The van der Waals surface area contributed by atoms with Gasteiger partial charge in [0.2, 0.25) is 0 Å². The predicted molar refractivity (Wildman–Crippen MR) is 225 cm³/mol. The molecule has 1 aliphatic rings. The first-order valence-corrected chi connectivity index (χ1v) is 19.0. The average Bonchev–Trinajstić information content (AvgIpc) is 3.76. The Morgan fingerprint density at radius 1 is 0.389 bits per heavy atom. The van der Waals surface area contributed by atoms with Gasteiger partial charge >= 0.3 is 0 Å². The molecule has 0 bridgehead atoms. The Balaban J connectivity index is 1.15. The highest BCUT2D eigenvalue weighted by Gasteiger charge is 2.26. The summed E-state index contributed by atoms with van der Waals surface area (Å²) in [5, 5.41) is 7.82. The zero-order chi connectivity index (χ0) is 35.3. The van der Waals surface area contributed by atoms with Crippen LogP contribution in [0.4, 0.5) is 0 Å². The van der Waals surface area contributed by atoms with E-state index in [0.29, 0.717) is 17.5 Å². The number of hydrogen-bond donors (Lipinski definition) is 0. The molecule has 0 saturated heterocycles. The largest absolute Gasteiger partial charge is 0.309 e. The maximum absolute atomic E-state index is 5.07. The molecule has 4 nitrogen and oxygen atoms in total. The van der Waals surface area contributed by atoms with Crippen molar-refractivity contribution in [3.8, 4) is 62.1 Å². The first kappa shape index (κ1) is 29.6. The van der Waals surface area contributed by atoms with Crippen molar-refractivity contribution >= 4 is 64.1 Å². The molecule has 0 aliphatic heterocycles. The van der Waals surface area contributed by atoms with Crippen molar-refractivity contribution in [1.29, 1.82) is 0 Å². The van der Waals surface area contributed by atoms with E-state index < -0.39 is 0 Å². The molecule has 0 fully saturated rings. The first-order chi connectivity index (χ1) is 26.8. The number of hydrogen-bond acceptors (Lipinski definition) is 4. The van der Waals surface area contributed by atoms with Gasteiger partial charge in [-0.2, -0.15) is 0 Å². The van der Waals surface area contributed by atoms with E-state index in [4.69, 9.17) is 15.0 Å². The third kappa shape index (κ3) is 4.21. The summed E-state index contributed by atoms with van der Waals surface area (Å²) in [4.78, 5) is 15.1. The zero-order valence-electron chi connectivity index (χ0n) is 28.9. The van der Waals surface area contributed by atoms with Crippen LogP contribution < -0.4 is 0 Å². The van der Waals surface area contributed by atoms with E-state index in [-0.39, 0.29) is 0 Å². The molecule has 0 saturated carbocycles. The molecular formula is C49H28N4S. The second-order valence-electron chi connectivity index (χ2n) is 14.0. The van der Waals surface area contributed by atoms with Gasteiger partial charge in [-0.15, -0.1) is 11.3 Å². The predicted octanol–water partition coefficient (Wildman–Crippen LogP) is 13.1. The third-order valence-electron chi connectivity index (χ3n) is 11.0. The minimum atomic E-state index is 0.639. The van der Waals surface area contributed by atoms with Crippen LogP contribution in [0, 0.1) is 0 Å². The minimum Gasteiger partial charge on any atom is -0.309 e. The molecule has 11 aromatic rings. The number of nitrogens with zero attached hydrogens (tertiary/aromatic N) is 4. The Kier molecular flexibility index (Phi) is 6.18. The molecule has 0 spiro atoms. The van der Waals surface area contributed by atoms with Crippen molar-refractivity contribution < 1.29 is 0 Å². The fourth-order valence-corrected chi connectivity index (χ4v) is 9.96. The summed E-state index contributed by atoms with van der Waals surface area (Å²) in [6.07, 6.45) is 0. The van der Waals surface area contributed by atoms with Crippen LogP contribution in [0.3, 0.4) is 0 Å². The van der Waals surface area contributed by atoms with Gasteiger partial charge in [0.1, 0.15) is 0 Å². The fourth-order valence-electron chi connectivity index (χ4n) is 8.65. The van der Waals surface area contributed by atoms with Crippen LogP contribution in [0.25, 0.3) is 115 Å². The Labute approximate surface area is 314 Å². The summed E-state index contributed by atoms with van der Waals surface area (Å²) in [5.41, 5.74) is 11.4. The summed E-state index contributed by atoms with van der Waals surface area (Å²) in [7, 11) is 0. The zero-order valence-corrected chi connectivity index (χ0v) is 29.7. The van der Waals surface area contributed by atoms with E-state index in [0.717, 1.165) is 22.4 Å². The molecule has 12 rings (SSSR count). The third-order valence-corrected chi connectivity index (χ3v) is 12.1. The summed E-state index contributed by atoms with van der Waals surface area (Å²) in [5.74, 6) is 1.94. The molecule has 54 heavy (non-hydrogen) atoms.